The molecule has 0 amide bonds. The van der Waals surface area contributed by atoms with Crippen LogP contribution >= 0.6 is 0 Å². The Morgan fingerprint density at radius 1 is 0.429 bits per heavy atom. The summed E-state index contributed by atoms with van der Waals surface area (Å²) >= 11 is 19.0. The molecule has 120 valence electrons. The van der Waals surface area contributed by atoms with E-state index in [0.717, 1.165) is 52.9 Å². The molecule has 4 aliphatic heterocycles. The zero-order chi connectivity index (χ0) is 14.8. The van der Waals surface area contributed by atoms with Crippen LogP contribution in [0.15, 0.2) is 0 Å². The predicted molar refractivity (Wildman–Crippen MR) is 87.9 cm³/mol. The van der Waals surface area contributed by atoms with Gasteiger partial charge in [0.05, 0.1) is 0 Å². The Morgan fingerprint density at radius 3 is 0.524 bits per heavy atom. The number of ether oxygens (including phenoxy) is 4. The zero-order valence-electron chi connectivity index (χ0n) is 11.7. The van der Waals surface area contributed by atoms with Crippen LogP contribution in [0.25, 0.3) is 0 Å². The van der Waals surface area contributed by atoms with Crippen molar-refractivity contribution in [1.29, 1.82) is 0 Å². The molecule has 4 nitrogen and oxygen atoms in total. The topological polar surface area (TPSA) is 36.9 Å². The molecule has 0 aromatic rings. The molecule has 21 heavy (non-hydrogen) atoms. The molecule has 0 radical (unpaired) electrons. The van der Waals surface area contributed by atoms with Crippen LogP contribution in [0.4, 0.5) is 0 Å². The summed E-state index contributed by atoms with van der Waals surface area (Å²) < 4.78 is 18.9. The first kappa shape index (κ1) is 23.1. The van der Waals surface area contributed by atoms with Crippen LogP contribution < -0.4 is 0 Å². The largest absolute Gasteiger partial charge is 4.00 e. The first-order valence-corrected chi connectivity index (χ1v) is 8.40. The molecule has 0 aromatic carbocycles. The first-order chi connectivity index (χ1) is 9.58. The van der Waals surface area contributed by atoms with Crippen LogP contribution in [0.3, 0.4) is 0 Å². The quantitative estimate of drug-likeness (QED) is 0.470. The Kier molecular flexibility index (Phi) is 15.9. The van der Waals surface area contributed by atoms with Crippen LogP contribution in [0.1, 0.15) is 0 Å². The van der Waals surface area contributed by atoms with Crippen molar-refractivity contribution in [2.75, 3.05) is 52.9 Å². The Bertz CT molecular complexity index is 189. The summed E-state index contributed by atoms with van der Waals surface area (Å²) in [5, 5.41) is 1.70. The Hall–Kier alpha value is 2.12. The number of rotatable bonds is 0. The molecule has 0 unspecified atom stereocenters. The Balaban J connectivity index is 0.000000250. The van der Waals surface area contributed by atoms with Crippen molar-refractivity contribution in [3.05, 3.63) is 0 Å². The van der Waals surface area contributed by atoms with Gasteiger partial charge in [-0.3, -0.25) is 0 Å². The minimum Gasteiger partial charge on any atom is -0.785 e. The summed E-state index contributed by atoms with van der Waals surface area (Å²) in [5.41, 5.74) is 0. The van der Waals surface area contributed by atoms with Gasteiger partial charge in [0.15, 0.2) is 0 Å². The van der Waals surface area contributed by atoms with E-state index in [2.05, 4.69) is 0 Å². The van der Waals surface area contributed by atoms with Gasteiger partial charge in [-0.25, -0.2) is 0 Å². The van der Waals surface area contributed by atoms with Crippen molar-refractivity contribution in [1.82, 2.24) is 0 Å². The Labute approximate surface area is 168 Å². The predicted octanol–water partition coefficient (Wildman–Crippen LogP) is -0.274. The molecule has 4 rings (SSSR count). The van der Waals surface area contributed by atoms with E-state index >= 15 is 0 Å². The molecule has 4 heterocycles. The van der Waals surface area contributed by atoms with Gasteiger partial charge in [0.1, 0.15) is 0 Å². The van der Waals surface area contributed by atoms with Crippen molar-refractivity contribution in [2.45, 2.75) is 21.0 Å². The molecule has 0 N–H and O–H groups in total. The number of hydrogen-bond donors (Lipinski definition) is 0. The van der Waals surface area contributed by atoms with Crippen molar-refractivity contribution < 1.29 is 45.2 Å². The Morgan fingerprint density at radius 2 is 0.524 bits per heavy atom. The SMILES string of the molecule is [S-]C1COC1.[S-]C1COC1.[S-]C1COC1.[S-]C1COC1.[Zr+4]. The monoisotopic (exact) mass is 446 g/mol. The molecule has 4 fully saturated rings. The number of hydrogen-bond acceptors (Lipinski definition) is 8. The second-order valence-electron chi connectivity index (χ2n) is 4.64. The fraction of sp³-hybridized carbons (Fsp3) is 1.00. The smallest absolute Gasteiger partial charge is 0.785 e. The van der Waals surface area contributed by atoms with Crippen molar-refractivity contribution in [3.8, 4) is 0 Å². The fourth-order valence-corrected chi connectivity index (χ4v) is 1.63. The van der Waals surface area contributed by atoms with Crippen LogP contribution in [-0.4, -0.2) is 73.9 Å². The van der Waals surface area contributed by atoms with E-state index in [-0.39, 0.29) is 26.2 Å². The molecule has 0 aromatic heterocycles. The van der Waals surface area contributed by atoms with Crippen molar-refractivity contribution >= 4 is 50.5 Å². The third kappa shape index (κ3) is 13.1. The minimum atomic E-state index is 0. The van der Waals surface area contributed by atoms with Gasteiger partial charge in [-0.15, -0.1) is 21.0 Å². The molecule has 0 atom stereocenters. The van der Waals surface area contributed by atoms with Gasteiger partial charge < -0.3 is 69.5 Å². The summed E-state index contributed by atoms with van der Waals surface area (Å²) in [5.74, 6) is 0. The third-order valence-electron chi connectivity index (χ3n) is 2.43. The van der Waals surface area contributed by atoms with Gasteiger partial charge in [0, 0.05) is 52.9 Å². The molecular formula is C12H20O4S4Zr. The molecule has 9 heteroatoms. The van der Waals surface area contributed by atoms with E-state index in [0.29, 0.717) is 21.0 Å². The summed E-state index contributed by atoms with van der Waals surface area (Å²) in [6.07, 6.45) is 0. The molecule has 0 saturated carbocycles. The van der Waals surface area contributed by atoms with Gasteiger partial charge in [-0.2, -0.15) is 0 Å². The van der Waals surface area contributed by atoms with Crippen LogP contribution in [0, 0.1) is 0 Å². The van der Waals surface area contributed by atoms with Crippen LogP contribution in [0.2, 0.25) is 0 Å². The van der Waals surface area contributed by atoms with Crippen molar-refractivity contribution in [2.24, 2.45) is 0 Å². The van der Waals surface area contributed by atoms with E-state index in [4.69, 9.17) is 69.5 Å². The molecule has 4 saturated heterocycles. The maximum absolute atomic E-state index is 4.74. The van der Waals surface area contributed by atoms with Gasteiger partial charge in [0.25, 0.3) is 0 Å². The minimum absolute atomic E-state index is 0. The standard InChI is InChI=1S/4C3H6OS.Zr/c4*5-3-1-4-2-3;/h4*3,5H,1-2H2;/q;;;;+4/p-4. The van der Waals surface area contributed by atoms with Crippen LogP contribution in [0.5, 0.6) is 0 Å². The molecule has 0 bridgehead atoms. The average molecular weight is 448 g/mol. The van der Waals surface area contributed by atoms with Gasteiger partial charge in [-0.05, 0) is 0 Å². The van der Waals surface area contributed by atoms with E-state index in [1.807, 2.05) is 0 Å². The maximum Gasteiger partial charge on any atom is 4.00 e. The third-order valence-corrected chi connectivity index (χ3v) is 3.52. The van der Waals surface area contributed by atoms with E-state index in [1.165, 1.54) is 0 Å². The molecule has 0 spiro atoms. The van der Waals surface area contributed by atoms with Gasteiger partial charge in [0.2, 0.25) is 0 Å². The maximum atomic E-state index is 4.74. The summed E-state index contributed by atoms with van der Waals surface area (Å²) in [6, 6.07) is 0. The van der Waals surface area contributed by atoms with E-state index in [1.54, 1.807) is 0 Å². The summed E-state index contributed by atoms with van der Waals surface area (Å²) in [6.45, 7) is 6.41. The van der Waals surface area contributed by atoms with Gasteiger partial charge in [-0.1, -0.05) is 0 Å². The first-order valence-electron chi connectivity index (χ1n) is 6.52. The summed E-state index contributed by atoms with van der Waals surface area (Å²) in [4.78, 5) is 0. The summed E-state index contributed by atoms with van der Waals surface area (Å²) in [7, 11) is 0. The average Bonchev–Trinajstić information content (AvgIpc) is 2.31. The molecular weight excluding hydrogens is 428 g/mol. The van der Waals surface area contributed by atoms with E-state index in [9.17, 15) is 0 Å². The van der Waals surface area contributed by atoms with Crippen LogP contribution in [-0.2, 0) is 95.7 Å². The molecule has 4 aliphatic rings. The zero-order valence-corrected chi connectivity index (χ0v) is 17.5. The van der Waals surface area contributed by atoms with Crippen molar-refractivity contribution in [3.63, 3.8) is 0 Å². The normalized spacial score (nSPS) is 24.6. The fourth-order valence-electron chi connectivity index (χ4n) is 0.856. The molecule has 0 aliphatic carbocycles. The second-order valence-corrected chi connectivity index (χ2v) is 7.30. The second kappa shape index (κ2) is 14.5. The van der Waals surface area contributed by atoms with E-state index < -0.39 is 0 Å². The van der Waals surface area contributed by atoms with Gasteiger partial charge >= 0.3 is 26.2 Å².